The highest BCUT2D eigenvalue weighted by Gasteiger charge is 2.54. The van der Waals surface area contributed by atoms with Gasteiger partial charge >= 0.3 is 11.9 Å². The molecule has 0 aromatic carbocycles. The van der Waals surface area contributed by atoms with E-state index in [0.717, 1.165) is 32.1 Å². The monoisotopic (exact) mass is 252 g/mol. The Bertz CT molecular complexity index is 368. The van der Waals surface area contributed by atoms with Crippen molar-refractivity contribution in [3.63, 3.8) is 0 Å². The Morgan fingerprint density at radius 1 is 1.06 bits per heavy atom. The standard InChI is InChI=1S/C14H20O4/c15-12(16)11-8-4-5-9-14(11,13(17)18)10-6-2-1-3-7-10/h4-5,10-11H,1-3,6-9H2,(H,15,16)(H,17,18). The van der Waals surface area contributed by atoms with Gasteiger partial charge in [0.2, 0.25) is 0 Å². The van der Waals surface area contributed by atoms with E-state index in [2.05, 4.69) is 0 Å². The predicted octanol–water partition coefficient (Wildman–Crippen LogP) is 2.69. The van der Waals surface area contributed by atoms with Gasteiger partial charge in [0.05, 0.1) is 11.3 Å². The first-order chi connectivity index (χ1) is 8.59. The molecule has 2 rings (SSSR count). The van der Waals surface area contributed by atoms with Crippen LogP contribution in [0.1, 0.15) is 44.9 Å². The first-order valence-corrected chi connectivity index (χ1v) is 6.70. The maximum absolute atomic E-state index is 11.8. The smallest absolute Gasteiger partial charge is 0.311 e. The molecule has 2 aliphatic rings. The zero-order chi connectivity index (χ0) is 13.2. The number of hydrogen-bond donors (Lipinski definition) is 2. The molecule has 2 atom stereocenters. The third-order valence-corrected chi connectivity index (χ3v) is 4.65. The Labute approximate surface area is 107 Å². The summed E-state index contributed by atoms with van der Waals surface area (Å²) >= 11 is 0. The molecule has 0 aliphatic heterocycles. The van der Waals surface area contributed by atoms with Crippen LogP contribution in [0.3, 0.4) is 0 Å². The second kappa shape index (κ2) is 5.12. The summed E-state index contributed by atoms with van der Waals surface area (Å²) in [6.07, 6.45) is 9.26. The van der Waals surface area contributed by atoms with E-state index >= 15 is 0 Å². The van der Waals surface area contributed by atoms with Gasteiger partial charge in [-0.2, -0.15) is 0 Å². The molecule has 2 unspecified atom stereocenters. The van der Waals surface area contributed by atoms with Crippen molar-refractivity contribution in [3.05, 3.63) is 12.2 Å². The van der Waals surface area contributed by atoms with Crippen LogP contribution in [0.5, 0.6) is 0 Å². The Morgan fingerprint density at radius 2 is 1.72 bits per heavy atom. The Balaban J connectivity index is 2.37. The molecular weight excluding hydrogens is 232 g/mol. The van der Waals surface area contributed by atoms with E-state index in [1.165, 1.54) is 0 Å². The molecule has 0 spiro atoms. The summed E-state index contributed by atoms with van der Waals surface area (Å²) in [4.78, 5) is 23.2. The van der Waals surface area contributed by atoms with Crippen molar-refractivity contribution in [2.45, 2.75) is 44.9 Å². The first kappa shape index (κ1) is 13.1. The summed E-state index contributed by atoms with van der Waals surface area (Å²) in [5.74, 6) is -2.66. The molecule has 100 valence electrons. The van der Waals surface area contributed by atoms with E-state index in [9.17, 15) is 19.8 Å². The summed E-state index contributed by atoms with van der Waals surface area (Å²) < 4.78 is 0. The molecule has 0 amide bonds. The van der Waals surface area contributed by atoms with Gasteiger partial charge in [-0.25, -0.2) is 0 Å². The van der Waals surface area contributed by atoms with Crippen molar-refractivity contribution >= 4 is 11.9 Å². The number of allylic oxidation sites excluding steroid dienone is 2. The van der Waals surface area contributed by atoms with E-state index < -0.39 is 23.3 Å². The fourth-order valence-corrected chi connectivity index (χ4v) is 3.66. The Hall–Kier alpha value is -1.32. The molecule has 2 N–H and O–H groups in total. The third kappa shape index (κ3) is 2.04. The van der Waals surface area contributed by atoms with Crippen LogP contribution in [-0.2, 0) is 9.59 Å². The van der Waals surface area contributed by atoms with E-state index in [4.69, 9.17) is 0 Å². The highest BCUT2D eigenvalue weighted by Crippen LogP contribution is 2.50. The lowest BCUT2D eigenvalue weighted by Gasteiger charge is -2.43. The number of carboxylic acids is 2. The van der Waals surface area contributed by atoms with Crippen molar-refractivity contribution in [3.8, 4) is 0 Å². The van der Waals surface area contributed by atoms with E-state index in [1.807, 2.05) is 12.2 Å². The van der Waals surface area contributed by atoms with Crippen LogP contribution in [0.25, 0.3) is 0 Å². The molecule has 1 saturated carbocycles. The fraction of sp³-hybridized carbons (Fsp3) is 0.714. The van der Waals surface area contributed by atoms with Crippen LogP contribution in [0.2, 0.25) is 0 Å². The number of carbonyl (C=O) groups is 2. The van der Waals surface area contributed by atoms with Crippen molar-refractivity contribution in [2.75, 3.05) is 0 Å². The zero-order valence-electron chi connectivity index (χ0n) is 10.5. The molecule has 0 heterocycles. The molecule has 4 nitrogen and oxygen atoms in total. The average molecular weight is 252 g/mol. The largest absolute Gasteiger partial charge is 0.481 e. The van der Waals surface area contributed by atoms with Crippen LogP contribution in [-0.4, -0.2) is 22.2 Å². The summed E-state index contributed by atoms with van der Waals surface area (Å²) in [6.45, 7) is 0. The maximum Gasteiger partial charge on any atom is 0.311 e. The van der Waals surface area contributed by atoms with Gasteiger partial charge in [-0.15, -0.1) is 0 Å². The Kier molecular flexibility index (Phi) is 3.73. The molecule has 0 aromatic heterocycles. The maximum atomic E-state index is 11.8. The SMILES string of the molecule is O=C(O)C1CC=CCC1(C(=O)O)C1CCCCC1. The number of hydrogen-bond acceptors (Lipinski definition) is 2. The number of aliphatic carboxylic acids is 2. The highest BCUT2D eigenvalue weighted by atomic mass is 16.4. The predicted molar refractivity (Wildman–Crippen MR) is 66.1 cm³/mol. The number of carboxylic acid groups (broad SMARTS) is 2. The van der Waals surface area contributed by atoms with Gasteiger partial charge in [0, 0.05) is 0 Å². The summed E-state index contributed by atoms with van der Waals surface area (Å²) in [7, 11) is 0. The van der Waals surface area contributed by atoms with Gasteiger partial charge in [0.25, 0.3) is 0 Å². The quantitative estimate of drug-likeness (QED) is 0.757. The molecule has 4 heteroatoms. The van der Waals surface area contributed by atoms with Gasteiger partial charge < -0.3 is 10.2 Å². The molecule has 0 aromatic rings. The van der Waals surface area contributed by atoms with Gasteiger partial charge in [0.15, 0.2) is 0 Å². The summed E-state index contributed by atoms with van der Waals surface area (Å²) in [5, 5.41) is 19.0. The number of rotatable bonds is 3. The van der Waals surface area contributed by atoms with Gasteiger partial charge in [-0.05, 0) is 31.6 Å². The molecule has 0 bridgehead atoms. The van der Waals surface area contributed by atoms with Gasteiger partial charge in [-0.3, -0.25) is 9.59 Å². The van der Waals surface area contributed by atoms with E-state index in [0.29, 0.717) is 12.8 Å². The molecule has 0 saturated heterocycles. The van der Waals surface area contributed by atoms with Crippen LogP contribution < -0.4 is 0 Å². The minimum atomic E-state index is -1.08. The highest BCUT2D eigenvalue weighted by molar-refractivity contribution is 5.84. The van der Waals surface area contributed by atoms with E-state index in [1.54, 1.807) is 0 Å². The lowest BCUT2D eigenvalue weighted by Crippen LogP contribution is -2.49. The van der Waals surface area contributed by atoms with E-state index in [-0.39, 0.29) is 5.92 Å². The molecular formula is C14H20O4. The van der Waals surface area contributed by atoms with Gasteiger partial charge in [-0.1, -0.05) is 31.4 Å². The summed E-state index contributed by atoms with van der Waals surface area (Å²) in [5.41, 5.74) is -1.08. The summed E-state index contributed by atoms with van der Waals surface area (Å²) in [6, 6.07) is 0. The van der Waals surface area contributed by atoms with Crippen molar-refractivity contribution in [1.29, 1.82) is 0 Å². The zero-order valence-corrected chi connectivity index (χ0v) is 10.5. The minimum Gasteiger partial charge on any atom is -0.481 e. The van der Waals surface area contributed by atoms with Crippen LogP contribution in [0.15, 0.2) is 12.2 Å². The topological polar surface area (TPSA) is 74.6 Å². The minimum absolute atomic E-state index is 0.00907. The van der Waals surface area contributed by atoms with Crippen molar-refractivity contribution < 1.29 is 19.8 Å². The third-order valence-electron chi connectivity index (χ3n) is 4.65. The average Bonchev–Trinajstić information content (AvgIpc) is 2.39. The van der Waals surface area contributed by atoms with Crippen LogP contribution in [0.4, 0.5) is 0 Å². The fourth-order valence-electron chi connectivity index (χ4n) is 3.66. The van der Waals surface area contributed by atoms with Crippen molar-refractivity contribution in [2.24, 2.45) is 17.3 Å². The van der Waals surface area contributed by atoms with Crippen LogP contribution >= 0.6 is 0 Å². The Morgan fingerprint density at radius 3 is 2.28 bits per heavy atom. The first-order valence-electron chi connectivity index (χ1n) is 6.70. The lowest BCUT2D eigenvalue weighted by molar-refractivity contribution is -0.169. The van der Waals surface area contributed by atoms with Gasteiger partial charge in [0.1, 0.15) is 0 Å². The molecule has 18 heavy (non-hydrogen) atoms. The normalized spacial score (nSPS) is 33.2. The molecule has 2 aliphatic carbocycles. The molecule has 1 fully saturated rings. The molecule has 0 radical (unpaired) electrons. The van der Waals surface area contributed by atoms with Crippen molar-refractivity contribution in [1.82, 2.24) is 0 Å². The van der Waals surface area contributed by atoms with Crippen LogP contribution in [0, 0.1) is 17.3 Å². The second-order valence-corrected chi connectivity index (χ2v) is 5.48. The lowest BCUT2D eigenvalue weighted by atomic mass is 9.58. The second-order valence-electron chi connectivity index (χ2n) is 5.48.